The predicted octanol–water partition coefficient (Wildman–Crippen LogP) is 1.23. The standard InChI is InChI=1S/C13H22N2O3/c1-7(2)11(14-13(17)18-4)12(16)15-6-9-5-10(9)8(15)3/h7-11H,5-6H2,1-4H3,(H,14,17)/t8-,9?,10?,11?/m1/s1. The minimum Gasteiger partial charge on any atom is -0.453 e. The van der Waals surface area contributed by atoms with E-state index in [0.717, 1.165) is 6.54 Å². The highest BCUT2D eigenvalue weighted by Gasteiger charge is 2.52. The molecular formula is C13H22N2O3. The number of hydrogen-bond acceptors (Lipinski definition) is 3. The summed E-state index contributed by atoms with van der Waals surface area (Å²) in [5.74, 6) is 1.45. The van der Waals surface area contributed by atoms with Crippen LogP contribution in [0.15, 0.2) is 0 Å². The van der Waals surface area contributed by atoms with Crippen molar-refractivity contribution in [1.82, 2.24) is 10.2 Å². The Labute approximate surface area is 108 Å². The Hall–Kier alpha value is -1.26. The van der Waals surface area contributed by atoms with Crippen LogP contribution in [0, 0.1) is 17.8 Å². The lowest BCUT2D eigenvalue weighted by atomic mass is 10.0. The third kappa shape index (κ3) is 2.31. The lowest BCUT2D eigenvalue weighted by Crippen LogP contribution is -2.52. The third-order valence-corrected chi connectivity index (χ3v) is 4.19. The minimum atomic E-state index is -0.543. The topological polar surface area (TPSA) is 58.6 Å². The normalized spacial score (nSPS) is 30.9. The predicted molar refractivity (Wildman–Crippen MR) is 66.9 cm³/mol. The molecule has 4 atom stereocenters. The van der Waals surface area contributed by atoms with Crippen LogP contribution < -0.4 is 5.32 Å². The molecule has 1 aliphatic carbocycles. The van der Waals surface area contributed by atoms with Crippen molar-refractivity contribution in [2.24, 2.45) is 17.8 Å². The van der Waals surface area contributed by atoms with Gasteiger partial charge in [-0.1, -0.05) is 13.8 Å². The fraction of sp³-hybridized carbons (Fsp3) is 0.846. The van der Waals surface area contributed by atoms with Crippen LogP contribution in [-0.4, -0.2) is 42.6 Å². The molecule has 0 aromatic carbocycles. The molecule has 0 spiro atoms. The second-order valence-corrected chi connectivity index (χ2v) is 5.75. The van der Waals surface area contributed by atoms with E-state index >= 15 is 0 Å². The molecule has 0 radical (unpaired) electrons. The number of fused-ring (bicyclic) bond motifs is 1. The highest BCUT2D eigenvalue weighted by molar-refractivity contribution is 5.86. The Balaban J connectivity index is 2.01. The van der Waals surface area contributed by atoms with Gasteiger partial charge in [0.15, 0.2) is 0 Å². The number of methoxy groups -OCH3 is 1. The van der Waals surface area contributed by atoms with Gasteiger partial charge in [-0.25, -0.2) is 4.79 Å². The van der Waals surface area contributed by atoms with E-state index in [1.54, 1.807) is 0 Å². The average Bonchev–Trinajstić information content (AvgIpc) is 3.03. The maximum Gasteiger partial charge on any atom is 0.407 e. The number of ether oxygens (including phenoxy) is 1. The zero-order valence-electron chi connectivity index (χ0n) is 11.5. The van der Waals surface area contributed by atoms with Crippen molar-refractivity contribution in [3.05, 3.63) is 0 Å². The van der Waals surface area contributed by atoms with Crippen molar-refractivity contribution in [2.75, 3.05) is 13.7 Å². The zero-order chi connectivity index (χ0) is 13.4. The van der Waals surface area contributed by atoms with Gasteiger partial charge in [0.2, 0.25) is 5.91 Å². The van der Waals surface area contributed by atoms with E-state index in [1.807, 2.05) is 18.7 Å². The number of nitrogens with zero attached hydrogens (tertiary/aromatic N) is 1. The van der Waals surface area contributed by atoms with E-state index in [1.165, 1.54) is 13.5 Å². The number of hydrogen-bond donors (Lipinski definition) is 1. The van der Waals surface area contributed by atoms with Crippen LogP contribution >= 0.6 is 0 Å². The van der Waals surface area contributed by atoms with Gasteiger partial charge in [-0.15, -0.1) is 0 Å². The van der Waals surface area contributed by atoms with Gasteiger partial charge in [0.1, 0.15) is 6.04 Å². The number of amides is 2. The van der Waals surface area contributed by atoms with Crippen molar-refractivity contribution in [3.8, 4) is 0 Å². The van der Waals surface area contributed by atoms with Crippen LogP contribution in [-0.2, 0) is 9.53 Å². The number of likely N-dealkylation sites (tertiary alicyclic amines) is 1. The molecule has 5 nitrogen and oxygen atoms in total. The molecule has 0 bridgehead atoms. The number of rotatable bonds is 3. The molecule has 102 valence electrons. The summed E-state index contributed by atoms with van der Waals surface area (Å²) in [6.45, 7) is 6.81. The molecule has 1 aliphatic heterocycles. The smallest absolute Gasteiger partial charge is 0.407 e. The van der Waals surface area contributed by atoms with Crippen LogP contribution in [0.25, 0.3) is 0 Å². The molecule has 3 unspecified atom stereocenters. The second kappa shape index (κ2) is 4.78. The van der Waals surface area contributed by atoms with Gasteiger partial charge in [0.25, 0.3) is 0 Å². The van der Waals surface area contributed by atoms with Crippen LogP contribution in [0.3, 0.4) is 0 Å². The van der Waals surface area contributed by atoms with Gasteiger partial charge >= 0.3 is 6.09 Å². The second-order valence-electron chi connectivity index (χ2n) is 5.75. The highest BCUT2D eigenvalue weighted by atomic mass is 16.5. The lowest BCUT2D eigenvalue weighted by Gasteiger charge is -2.30. The summed E-state index contributed by atoms with van der Waals surface area (Å²) < 4.78 is 4.58. The summed E-state index contributed by atoms with van der Waals surface area (Å²) in [6.07, 6.45) is 0.709. The van der Waals surface area contributed by atoms with E-state index in [0.29, 0.717) is 17.9 Å². The Morgan fingerprint density at radius 1 is 1.39 bits per heavy atom. The molecule has 0 aromatic heterocycles. The summed E-state index contributed by atoms with van der Waals surface area (Å²) >= 11 is 0. The van der Waals surface area contributed by atoms with Gasteiger partial charge in [-0.2, -0.15) is 0 Å². The van der Waals surface area contributed by atoms with E-state index in [4.69, 9.17) is 0 Å². The fourth-order valence-corrected chi connectivity index (χ4v) is 2.89. The third-order valence-electron chi connectivity index (χ3n) is 4.19. The average molecular weight is 254 g/mol. The van der Waals surface area contributed by atoms with Gasteiger partial charge in [-0.3, -0.25) is 4.79 Å². The molecule has 18 heavy (non-hydrogen) atoms. The number of carbonyl (C=O) groups excluding carboxylic acids is 2. The van der Waals surface area contributed by atoms with E-state index < -0.39 is 12.1 Å². The number of carbonyl (C=O) groups is 2. The van der Waals surface area contributed by atoms with Crippen molar-refractivity contribution in [2.45, 2.75) is 39.3 Å². The SMILES string of the molecule is COC(=O)NC(C(=O)N1CC2CC2[C@H]1C)C(C)C. The van der Waals surface area contributed by atoms with E-state index in [9.17, 15) is 9.59 Å². The molecule has 1 N–H and O–H groups in total. The maximum atomic E-state index is 12.5. The van der Waals surface area contributed by atoms with E-state index in [2.05, 4.69) is 17.0 Å². The fourth-order valence-electron chi connectivity index (χ4n) is 2.89. The molecule has 2 aliphatic rings. The molecule has 0 aromatic rings. The molecule has 2 rings (SSSR count). The molecule has 5 heteroatoms. The maximum absolute atomic E-state index is 12.5. The number of nitrogens with one attached hydrogen (secondary N) is 1. The summed E-state index contributed by atoms with van der Waals surface area (Å²) in [5.41, 5.74) is 0. The van der Waals surface area contributed by atoms with Crippen molar-refractivity contribution < 1.29 is 14.3 Å². The van der Waals surface area contributed by atoms with Gasteiger partial charge in [0.05, 0.1) is 7.11 Å². The van der Waals surface area contributed by atoms with Crippen LogP contribution in [0.2, 0.25) is 0 Å². The molecule has 1 saturated heterocycles. The Bertz CT molecular complexity index is 356. The Morgan fingerprint density at radius 3 is 2.50 bits per heavy atom. The first-order chi connectivity index (χ1) is 8.45. The molecule has 1 heterocycles. The Kier molecular flexibility index (Phi) is 3.50. The lowest BCUT2D eigenvalue weighted by molar-refractivity contribution is -0.135. The molecule has 1 saturated carbocycles. The quantitative estimate of drug-likeness (QED) is 0.824. The van der Waals surface area contributed by atoms with Crippen molar-refractivity contribution in [1.29, 1.82) is 0 Å². The first-order valence-electron chi connectivity index (χ1n) is 6.60. The molecular weight excluding hydrogens is 232 g/mol. The monoisotopic (exact) mass is 254 g/mol. The first-order valence-corrected chi connectivity index (χ1v) is 6.60. The number of piperidine rings is 1. The molecule has 2 amide bonds. The van der Waals surface area contributed by atoms with Crippen LogP contribution in [0.1, 0.15) is 27.2 Å². The zero-order valence-corrected chi connectivity index (χ0v) is 11.5. The molecule has 2 fully saturated rings. The summed E-state index contributed by atoms with van der Waals surface area (Å²) in [6, 6.07) is -0.180. The van der Waals surface area contributed by atoms with Crippen LogP contribution in [0.5, 0.6) is 0 Å². The minimum absolute atomic E-state index is 0.0232. The van der Waals surface area contributed by atoms with Crippen molar-refractivity contribution in [3.63, 3.8) is 0 Å². The van der Waals surface area contributed by atoms with Gasteiger partial charge < -0.3 is 15.0 Å². The summed E-state index contributed by atoms with van der Waals surface area (Å²) in [4.78, 5) is 25.7. The number of alkyl carbamates (subject to hydrolysis) is 1. The van der Waals surface area contributed by atoms with Crippen LogP contribution in [0.4, 0.5) is 4.79 Å². The Morgan fingerprint density at radius 2 is 2.06 bits per heavy atom. The van der Waals surface area contributed by atoms with E-state index in [-0.39, 0.29) is 11.8 Å². The van der Waals surface area contributed by atoms with Gasteiger partial charge in [-0.05, 0) is 31.1 Å². The summed E-state index contributed by atoms with van der Waals surface area (Å²) in [5, 5.41) is 2.64. The van der Waals surface area contributed by atoms with Gasteiger partial charge in [0, 0.05) is 12.6 Å². The highest BCUT2D eigenvalue weighted by Crippen LogP contribution is 2.49. The van der Waals surface area contributed by atoms with Crippen molar-refractivity contribution >= 4 is 12.0 Å². The largest absolute Gasteiger partial charge is 0.453 e. The summed E-state index contributed by atoms with van der Waals surface area (Å²) in [7, 11) is 1.31. The first kappa shape index (κ1) is 13.2.